The summed E-state index contributed by atoms with van der Waals surface area (Å²) in [5, 5.41) is 13.8. The SMILES string of the molecule is CCCCC/C=C\C/C=C\C/C=C\CCCCCCCCC(=O)NC(COP(=O)([O-])OCC[N+](C)(C)C)C(O)/C=C/CCCCCCCCCCCCCCCCCC. The lowest BCUT2D eigenvalue weighted by atomic mass is 10.0. The van der Waals surface area contributed by atoms with Crippen molar-refractivity contribution < 1.29 is 32.9 Å². The summed E-state index contributed by atoms with van der Waals surface area (Å²) in [4.78, 5) is 25.4. The smallest absolute Gasteiger partial charge is 0.268 e. The number of unbranched alkanes of at least 4 members (excludes halogenated alkanes) is 25. The first-order valence-electron chi connectivity index (χ1n) is 24.5. The van der Waals surface area contributed by atoms with Crippen molar-refractivity contribution in [2.24, 2.45) is 0 Å². The summed E-state index contributed by atoms with van der Waals surface area (Å²) >= 11 is 0. The van der Waals surface area contributed by atoms with Gasteiger partial charge in [0.05, 0.1) is 39.9 Å². The predicted molar refractivity (Wildman–Crippen MR) is 251 cm³/mol. The maximum atomic E-state index is 12.9. The van der Waals surface area contributed by atoms with Gasteiger partial charge in [0.2, 0.25) is 5.91 Å². The van der Waals surface area contributed by atoms with E-state index in [0.29, 0.717) is 17.4 Å². The van der Waals surface area contributed by atoms with Gasteiger partial charge in [-0.1, -0.05) is 197 Å². The van der Waals surface area contributed by atoms with Gasteiger partial charge in [-0.3, -0.25) is 9.36 Å². The molecular weight excluding hydrogens is 756 g/mol. The van der Waals surface area contributed by atoms with Gasteiger partial charge < -0.3 is 28.8 Å². The van der Waals surface area contributed by atoms with Crippen LogP contribution in [0.4, 0.5) is 0 Å². The van der Waals surface area contributed by atoms with Crippen LogP contribution in [0.1, 0.15) is 213 Å². The first-order chi connectivity index (χ1) is 28.5. The zero-order valence-electron chi connectivity index (χ0n) is 39.2. The second-order valence-corrected chi connectivity index (χ2v) is 19.2. The van der Waals surface area contributed by atoms with Crippen LogP contribution >= 0.6 is 7.82 Å². The minimum atomic E-state index is -4.60. The first kappa shape index (κ1) is 57.5. The van der Waals surface area contributed by atoms with Crippen LogP contribution in [-0.4, -0.2) is 68.5 Å². The zero-order chi connectivity index (χ0) is 43.6. The van der Waals surface area contributed by atoms with Crippen molar-refractivity contribution in [2.75, 3.05) is 40.9 Å². The molecule has 0 fully saturated rings. The number of phosphoric ester groups is 1. The Balaban J connectivity index is 4.39. The number of nitrogens with zero attached hydrogens (tertiary/aromatic N) is 1. The van der Waals surface area contributed by atoms with Gasteiger partial charge in [-0.15, -0.1) is 0 Å². The van der Waals surface area contributed by atoms with Crippen molar-refractivity contribution in [3.8, 4) is 0 Å². The Kier molecular flexibility index (Phi) is 40.7. The Morgan fingerprint density at radius 1 is 0.593 bits per heavy atom. The molecule has 0 bridgehead atoms. The molecule has 9 heteroatoms. The van der Waals surface area contributed by atoms with E-state index in [0.717, 1.165) is 64.2 Å². The van der Waals surface area contributed by atoms with E-state index in [1.165, 1.54) is 128 Å². The van der Waals surface area contributed by atoms with Crippen LogP contribution in [0, 0.1) is 0 Å². The van der Waals surface area contributed by atoms with E-state index in [1.54, 1.807) is 6.08 Å². The molecule has 59 heavy (non-hydrogen) atoms. The van der Waals surface area contributed by atoms with Crippen molar-refractivity contribution in [2.45, 2.75) is 225 Å². The third kappa shape index (κ3) is 44.3. The summed E-state index contributed by atoms with van der Waals surface area (Å²) < 4.78 is 23.2. The number of likely N-dealkylation sites (N-methyl/N-ethyl adjacent to an activating group) is 1. The van der Waals surface area contributed by atoms with Crippen molar-refractivity contribution in [3.63, 3.8) is 0 Å². The number of phosphoric acid groups is 1. The molecule has 0 aromatic carbocycles. The highest BCUT2D eigenvalue weighted by Gasteiger charge is 2.23. The molecule has 0 spiro atoms. The summed E-state index contributed by atoms with van der Waals surface area (Å²) in [7, 11) is 1.25. The number of carbonyl (C=O) groups excluding carboxylic acids is 1. The fourth-order valence-corrected chi connectivity index (χ4v) is 7.59. The molecule has 0 rings (SSSR count). The summed E-state index contributed by atoms with van der Waals surface area (Å²) in [6.07, 6.45) is 52.9. The lowest BCUT2D eigenvalue weighted by molar-refractivity contribution is -0.870. The molecule has 0 aliphatic carbocycles. The summed E-state index contributed by atoms with van der Waals surface area (Å²) in [5.74, 6) is -0.210. The Bertz CT molecular complexity index is 1100. The topological polar surface area (TPSA) is 108 Å². The minimum absolute atomic E-state index is 0.00502. The van der Waals surface area contributed by atoms with Gasteiger partial charge in [-0.25, -0.2) is 0 Å². The van der Waals surface area contributed by atoms with Gasteiger partial charge in [0, 0.05) is 6.42 Å². The Hall–Kier alpha value is -1.54. The maximum Gasteiger partial charge on any atom is 0.268 e. The molecule has 8 nitrogen and oxygen atoms in total. The second-order valence-electron chi connectivity index (χ2n) is 17.8. The van der Waals surface area contributed by atoms with Crippen LogP contribution in [-0.2, 0) is 18.4 Å². The van der Waals surface area contributed by atoms with Crippen molar-refractivity contribution >= 4 is 13.7 Å². The molecule has 346 valence electrons. The highest BCUT2D eigenvalue weighted by molar-refractivity contribution is 7.45. The summed E-state index contributed by atoms with van der Waals surface area (Å²) in [6, 6.07) is -0.894. The average molecular weight is 851 g/mol. The molecular formula is C50H95N2O6P. The summed E-state index contributed by atoms with van der Waals surface area (Å²) in [6.45, 7) is 4.61. The Morgan fingerprint density at radius 3 is 1.46 bits per heavy atom. The number of aliphatic hydroxyl groups is 1. The third-order valence-corrected chi connectivity index (χ3v) is 11.7. The molecule has 3 atom stereocenters. The van der Waals surface area contributed by atoms with E-state index in [2.05, 4.69) is 55.6 Å². The molecule has 1 amide bonds. The normalized spacial score (nSPS) is 14.6. The van der Waals surface area contributed by atoms with E-state index in [-0.39, 0.29) is 19.1 Å². The van der Waals surface area contributed by atoms with Gasteiger partial charge in [0.25, 0.3) is 7.82 Å². The van der Waals surface area contributed by atoms with E-state index >= 15 is 0 Å². The number of hydrogen-bond acceptors (Lipinski definition) is 6. The maximum absolute atomic E-state index is 12.9. The van der Waals surface area contributed by atoms with Crippen LogP contribution in [0.5, 0.6) is 0 Å². The predicted octanol–water partition coefficient (Wildman–Crippen LogP) is 13.4. The Labute approximate surface area is 365 Å². The number of rotatable bonds is 44. The minimum Gasteiger partial charge on any atom is -0.756 e. The molecule has 0 saturated carbocycles. The van der Waals surface area contributed by atoms with Gasteiger partial charge in [0.15, 0.2) is 0 Å². The summed E-state index contributed by atoms with van der Waals surface area (Å²) in [5.41, 5.74) is 0. The van der Waals surface area contributed by atoms with Crippen molar-refractivity contribution in [1.29, 1.82) is 0 Å². The first-order valence-corrected chi connectivity index (χ1v) is 26.0. The number of aliphatic hydroxyl groups excluding tert-OH is 1. The van der Waals surface area contributed by atoms with Crippen LogP contribution in [0.2, 0.25) is 0 Å². The highest BCUT2D eigenvalue weighted by atomic mass is 31.2. The lowest BCUT2D eigenvalue weighted by Crippen LogP contribution is -2.45. The van der Waals surface area contributed by atoms with Crippen LogP contribution in [0.25, 0.3) is 0 Å². The number of carbonyl (C=O) groups is 1. The number of quaternary nitrogens is 1. The van der Waals surface area contributed by atoms with Crippen LogP contribution in [0.3, 0.4) is 0 Å². The second kappa shape index (κ2) is 41.8. The van der Waals surface area contributed by atoms with E-state index in [1.807, 2.05) is 27.2 Å². The van der Waals surface area contributed by atoms with Gasteiger partial charge >= 0.3 is 0 Å². The molecule has 2 N–H and O–H groups in total. The average Bonchev–Trinajstić information content (AvgIpc) is 3.19. The van der Waals surface area contributed by atoms with E-state index < -0.39 is 20.0 Å². The number of hydrogen-bond donors (Lipinski definition) is 2. The molecule has 0 radical (unpaired) electrons. The van der Waals surface area contributed by atoms with E-state index in [4.69, 9.17) is 9.05 Å². The molecule has 0 saturated heterocycles. The van der Waals surface area contributed by atoms with Crippen LogP contribution in [0.15, 0.2) is 48.6 Å². The fourth-order valence-electron chi connectivity index (χ4n) is 6.86. The molecule has 0 aliphatic rings. The lowest BCUT2D eigenvalue weighted by Gasteiger charge is -2.29. The molecule has 0 heterocycles. The largest absolute Gasteiger partial charge is 0.756 e. The quantitative estimate of drug-likeness (QED) is 0.0274. The van der Waals surface area contributed by atoms with Crippen molar-refractivity contribution in [3.05, 3.63) is 48.6 Å². The third-order valence-electron chi connectivity index (χ3n) is 10.8. The zero-order valence-corrected chi connectivity index (χ0v) is 40.1. The molecule has 3 unspecified atom stereocenters. The Morgan fingerprint density at radius 2 is 0.983 bits per heavy atom. The highest BCUT2D eigenvalue weighted by Crippen LogP contribution is 2.38. The standard InChI is InChI=1S/C50H95N2O6P/c1-6-8-10-12-14-16-18-20-22-24-26-28-30-32-34-36-38-40-42-44-50(54)51-48(47-58-59(55,56)57-46-45-52(3,4)5)49(53)43-41-39-37-35-33-31-29-27-25-23-21-19-17-15-13-11-9-7-2/h14,16,20,22,26,28,41,43,48-49,53H,6-13,15,17-19,21,23-25,27,29-40,42,44-47H2,1-5H3,(H-,51,54,55,56)/b16-14-,22-20-,28-26-,43-41+. The molecule has 0 aromatic rings. The number of amides is 1. The monoisotopic (exact) mass is 851 g/mol. The van der Waals surface area contributed by atoms with Crippen molar-refractivity contribution in [1.82, 2.24) is 5.32 Å². The number of allylic oxidation sites excluding steroid dienone is 7. The molecule has 0 aliphatic heterocycles. The molecule has 0 aromatic heterocycles. The number of nitrogens with one attached hydrogen (secondary N) is 1. The van der Waals surface area contributed by atoms with Crippen LogP contribution < -0.4 is 10.2 Å². The van der Waals surface area contributed by atoms with Gasteiger partial charge in [-0.05, 0) is 57.8 Å². The fraction of sp³-hybridized carbons (Fsp3) is 0.820. The van der Waals surface area contributed by atoms with E-state index in [9.17, 15) is 19.4 Å². The van der Waals surface area contributed by atoms with Gasteiger partial charge in [-0.2, -0.15) is 0 Å². The van der Waals surface area contributed by atoms with Gasteiger partial charge in [0.1, 0.15) is 13.2 Å².